The largest absolute Gasteiger partial charge is 0.191 e. The van der Waals surface area contributed by atoms with E-state index in [1.54, 1.807) is 21.1 Å². The quantitative estimate of drug-likeness (QED) is 0.0971. The molecule has 0 aliphatic rings. The van der Waals surface area contributed by atoms with Gasteiger partial charge in [0.15, 0.2) is 0 Å². The minimum Gasteiger partial charge on any atom is -0.191 e. The van der Waals surface area contributed by atoms with E-state index in [2.05, 4.69) is 104 Å². The number of benzene rings is 2. The lowest BCUT2D eigenvalue weighted by molar-refractivity contribution is 0.389. The molecule has 0 aliphatic carbocycles. The van der Waals surface area contributed by atoms with Crippen LogP contribution in [0.15, 0.2) is 60.7 Å². The van der Waals surface area contributed by atoms with Gasteiger partial charge in [-0.1, -0.05) is 186 Å². The van der Waals surface area contributed by atoms with Gasteiger partial charge < -0.3 is 0 Å². The Morgan fingerprint density at radius 2 is 0.952 bits per heavy atom. The predicted octanol–water partition coefficient (Wildman–Crippen LogP) is 14.3. The molecular formula is C40H74AlP. The third kappa shape index (κ3) is 21.2. The van der Waals surface area contributed by atoms with Crippen molar-refractivity contribution in [3.05, 3.63) is 60.7 Å². The van der Waals surface area contributed by atoms with E-state index in [1.807, 2.05) is 12.1 Å². The molecular weight excluding hydrogens is 538 g/mol. The van der Waals surface area contributed by atoms with Crippen LogP contribution in [0.4, 0.5) is 0 Å². The Morgan fingerprint density at radius 3 is 1.26 bits per heavy atom. The van der Waals surface area contributed by atoms with Gasteiger partial charge in [0.05, 0.1) is 6.16 Å². The van der Waals surface area contributed by atoms with Gasteiger partial charge in [-0.05, 0) is 38.0 Å². The number of hydrogen-bond donors (Lipinski definition) is 0. The Labute approximate surface area is 270 Å². The molecule has 0 aromatic heterocycles. The van der Waals surface area contributed by atoms with E-state index in [-0.39, 0.29) is 0 Å². The second kappa shape index (κ2) is 29.1. The molecule has 2 rings (SSSR count). The third-order valence-electron chi connectivity index (χ3n) is 9.54. The summed E-state index contributed by atoms with van der Waals surface area (Å²) in [4.78, 5) is 0. The van der Waals surface area contributed by atoms with Crippen molar-refractivity contribution in [1.29, 1.82) is 0 Å². The van der Waals surface area contributed by atoms with Crippen molar-refractivity contribution in [2.24, 2.45) is 11.8 Å². The fourth-order valence-corrected chi connectivity index (χ4v) is 14.5. The van der Waals surface area contributed by atoms with Crippen LogP contribution in [-0.4, -0.2) is 25.9 Å². The van der Waals surface area contributed by atoms with Crippen molar-refractivity contribution in [3.63, 3.8) is 0 Å². The van der Waals surface area contributed by atoms with E-state index in [0.717, 1.165) is 20.4 Å². The van der Waals surface area contributed by atoms with Crippen molar-refractivity contribution in [2.75, 3.05) is 12.8 Å². The van der Waals surface area contributed by atoms with E-state index in [0.29, 0.717) is 0 Å². The van der Waals surface area contributed by atoms with Crippen LogP contribution < -0.4 is 0 Å². The molecule has 0 heterocycles. The fraction of sp³-hybridized carbons (Fsp3) is 0.700. The first-order valence-electron chi connectivity index (χ1n) is 18.6. The SMILES string of the molecule is CCCC(CC)CCC(C)C[PH2+]C.CCC[CH2][Al-]([CH2]CCC)([CH2]CCC)[CH2]CCC.c1ccc(-c2ccccc2)cc1. The Bertz CT molecular complexity index is 715. The van der Waals surface area contributed by atoms with E-state index >= 15 is 0 Å². The molecule has 3 atom stereocenters. The average Bonchev–Trinajstić information content (AvgIpc) is 3.04. The Balaban J connectivity index is 0.000000610. The summed E-state index contributed by atoms with van der Waals surface area (Å²) in [5, 5.41) is 6.62. The van der Waals surface area contributed by atoms with E-state index in [4.69, 9.17) is 0 Å². The molecule has 0 N–H and O–H groups in total. The summed E-state index contributed by atoms with van der Waals surface area (Å²) in [5.41, 5.74) is 2.55. The maximum Gasteiger partial charge on any atom is 0.134 e. The van der Waals surface area contributed by atoms with Crippen LogP contribution in [-0.2, 0) is 0 Å². The molecule has 0 saturated carbocycles. The van der Waals surface area contributed by atoms with E-state index in [1.165, 1.54) is 101 Å². The van der Waals surface area contributed by atoms with Crippen molar-refractivity contribution in [1.82, 2.24) is 0 Å². The lowest BCUT2D eigenvalue weighted by atomic mass is 9.92. The summed E-state index contributed by atoms with van der Waals surface area (Å²) in [7, 11) is 0.723. The van der Waals surface area contributed by atoms with Crippen molar-refractivity contribution in [2.45, 2.75) is 153 Å². The van der Waals surface area contributed by atoms with Gasteiger partial charge in [0.1, 0.15) is 13.1 Å². The maximum absolute atomic E-state index is 2.43. The molecule has 0 amide bonds. The molecule has 242 valence electrons. The molecule has 0 spiro atoms. The molecule has 0 radical (unpaired) electrons. The highest BCUT2D eigenvalue weighted by molar-refractivity contribution is 7.36. The topological polar surface area (TPSA) is 0 Å². The molecule has 42 heavy (non-hydrogen) atoms. The Hall–Kier alpha value is -0.598. The van der Waals surface area contributed by atoms with Gasteiger partial charge in [-0.2, -0.15) is 21.1 Å². The van der Waals surface area contributed by atoms with Crippen LogP contribution in [0.2, 0.25) is 21.1 Å². The number of hydrogen-bond acceptors (Lipinski definition) is 0. The van der Waals surface area contributed by atoms with Crippen LogP contribution in [0.3, 0.4) is 0 Å². The van der Waals surface area contributed by atoms with Crippen LogP contribution in [0, 0.1) is 11.8 Å². The zero-order chi connectivity index (χ0) is 31.3. The molecule has 2 heteroatoms. The van der Waals surface area contributed by atoms with Crippen LogP contribution in [0.25, 0.3) is 11.1 Å². The first-order valence-corrected chi connectivity index (χ1v) is 23.8. The van der Waals surface area contributed by atoms with Gasteiger partial charge in [-0.25, -0.2) is 0 Å². The molecule has 0 aliphatic heterocycles. The van der Waals surface area contributed by atoms with Crippen molar-refractivity contribution < 1.29 is 0 Å². The summed E-state index contributed by atoms with van der Waals surface area (Å²) in [6.45, 7) is 18.9. The highest BCUT2D eigenvalue weighted by Gasteiger charge is 2.26. The summed E-state index contributed by atoms with van der Waals surface area (Å²) in [6.07, 6.45) is 20.4. The first kappa shape index (κ1) is 41.4. The highest BCUT2D eigenvalue weighted by atomic mass is 31.1. The van der Waals surface area contributed by atoms with Crippen molar-refractivity contribution >= 4 is 21.7 Å². The smallest absolute Gasteiger partial charge is 0.134 e. The van der Waals surface area contributed by atoms with Crippen LogP contribution >= 0.6 is 8.58 Å². The minimum absolute atomic E-state index is 0.723. The minimum atomic E-state index is -1.20. The predicted molar refractivity (Wildman–Crippen MR) is 204 cm³/mol. The summed E-state index contributed by atoms with van der Waals surface area (Å²) in [5.74, 6) is 2.00. The molecule has 0 saturated heterocycles. The van der Waals surface area contributed by atoms with Crippen molar-refractivity contribution in [3.8, 4) is 11.1 Å². The van der Waals surface area contributed by atoms with Gasteiger partial charge in [0.25, 0.3) is 0 Å². The molecule has 0 bridgehead atoms. The summed E-state index contributed by atoms with van der Waals surface area (Å²) >= 11 is -1.20. The first-order chi connectivity index (χ1) is 20.4. The second-order valence-corrected chi connectivity index (χ2v) is 20.5. The van der Waals surface area contributed by atoms with E-state index in [9.17, 15) is 0 Å². The molecule has 3 unspecified atom stereocenters. The fourth-order valence-electron chi connectivity index (χ4n) is 6.68. The molecule has 0 nitrogen and oxygen atoms in total. The normalized spacial score (nSPS) is 12.8. The average molecular weight is 613 g/mol. The van der Waals surface area contributed by atoms with Crippen LogP contribution in [0.1, 0.15) is 132 Å². The maximum atomic E-state index is 2.43. The van der Waals surface area contributed by atoms with E-state index < -0.39 is 13.1 Å². The molecule has 0 fully saturated rings. The summed E-state index contributed by atoms with van der Waals surface area (Å²) < 4.78 is 0. The monoisotopic (exact) mass is 613 g/mol. The lowest BCUT2D eigenvalue weighted by Gasteiger charge is -2.36. The van der Waals surface area contributed by atoms with Gasteiger partial charge in [-0.15, -0.1) is 0 Å². The Kier molecular flexibility index (Phi) is 28.7. The second-order valence-electron chi connectivity index (χ2n) is 13.4. The highest BCUT2D eigenvalue weighted by Crippen LogP contribution is 2.33. The third-order valence-corrected chi connectivity index (χ3v) is 17.3. The molecule has 2 aromatic rings. The lowest BCUT2D eigenvalue weighted by Crippen LogP contribution is -2.33. The molecule has 2 aromatic carbocycles. The Morgan fingerprint density at radius 1 is 0.548 bits per heavy atom. The summed E-state index contributed by atoms with van der Waals surface area (Å²) in [6, 6.07) is 20.8. The van der Waals surface area contributed by atoms with Crippen LogP contribution in [0.5, 0.6) is 0 Å². The number of unbranched alkanes of at least 4 members (excludes halogenated alkanes) is 4. The standard InChI is InChI=1S/C12H27P.C12H10.4C4H9.Al/c1-5-7-12(6-2)9-8-11(3)10-13-4;1-3-7-11(8-4-1)12-9-5-2-6-10-12;4*1-3-4-2;/h11-13H,5-10H2,1-4H3;1-10H;4*1,3-4H2,2H3;/q;;;;;;-1/p+1. The number of rotatable bonds is 21. The van der Waals surface area contributed by atoms with Gasteiger partial charge in [0.2, 0.25) is 0 Å². The van der Waals surface area contributed by atoms with Gasteiger partial charge in [0, 0.05) is 6.66 Å². The zero-order valence-electron chi connectivity index (χ0n) is 29.8. The van der Waals surface area contributed by atoms with Gasteiger partial charge in [-0.3, -0.25) is 0 Å². The van der Waals surface area contributed by atoms with Gasteiger partial charge >= 0.3 is 0 Å². The zero-order valence-corrected chi connectivity index (χ0v) is 32.1.